The van der Waals surface area contributed by atoms with Crippen LogP contribution in [-0.2, 0) is 17.8 Å². The minimum Gasteiger partial charge on any atom is -0.358 e. The fourth-order valence-corrected chi connectivity index (χ4v) is 3.06. The first-order valence-corrected chi connectivity index (χ1v) is 10.0. The minimum atomic E-state index is -0.638. The van der Waals surface area contributed by atoms with Crippen LogP contribution in [0.2, 0.25) is 0 Å². The van der Waals surface area contributed by atoms with Gasteiger partial charge in [-0.2, -0.15) is 9.67 Å². The molecule has 0 saturated carbocycles. The second-order valence-corrected chi connectivity index (χ2v) is 7.36. The zero-order chi connectivity index (χ0) is 23.3. The van der Waals surface area contributed by atoms with Gasteiger partial charge in [0, 0.05) is 13.1 Å². The van der Waals surface area contributed by atoms with E-state index in [4.69, 9.17) is 4.52 Å². The van der Waals surface area contributed by atoms with Crippen LogP contribution in [0.25, 0.3) is 0 Å². The van der Waals surface area contributed by atoms with Crippen LogP contribution in [0.5, 0.6) is 0 Å². The Morgan fingerprint density at radius 3 is 2.59 bits per heavy atom. The molecular weight excluding hydrogens is 493 g/mol. The van der Waals surface area contributed by atoms with Gasteiger partial charge in [-0.3, -0.25) is 9.59 Å². The highest BCUT2D eigenvalue weighted by molar-refractivity contribution is 9.10. The van der Waals surface area contributed by atoms with Crippen LogP contribution in [0.4, 0.5) is 10.2 Å². The smallest absolute Gasteiger partial charge is 0.358 e. The van der Waals surface area contributed by atoms with E-state index in [0.29, 0.717) is 11.3 Å². The molecule has 0 spiro atoms. The number of aromatic nitrogens is 4. The lowest BCUT2D eigenvalue weighted by molar-refractivity contribution is -0.390. The highest BCUT2D eigenvalue weighted by Crippen LogP contribution is 2.27. The van der Waals surface area contributed by atoms with Crippen molar-refractivity contribution in [3.63, 3.8) is 0 Å². The van der Waals surface area contributed by atoms with E-state index in [2.05, 4.69) is 41.8 Å². The second-order valence-electron chi connectivity index (χ2n) is 6.56. The number of amides is 2. The number of halogens is 2. The van der Waals surface area contributed by atoms with Gasteiger partial charge in [0.2, 0.25) is 5.91 Å². The molecule has 3 rings (SSSR count). The van der Waals surface area contributed by atoms with Crippen molar-refractivity contribution in [3.8, 4) is 0 Å². The van der Waals surface area contributed by atoms with Gasteiger partial charge in [-0.1, -0.05) is 17.3 Å². The number of nitrogens with zero attached hydrogens (tertiary/aromatic N) is 5. The number of hydrogen-bond donors (Lipinski definition) is 2. The lowest BCUT2D eigenvalue weighted by atomic mass is 10.1. The summed E-state index contributed by atoms with van der Waals surface area (Å²) in [7, 11) is 0. The molecule has 3 aromatic rings. The molecule has 2 N–H and O–H groups in total. The number of nitro groups is 1. The van der Waals surface area contributed by atoms with Crippen LogP contribution in [0.1, 0.15) is 27.8 Å². The third-order valence-electron chi connectivity index (χ3n) is 4.25. The Morgan fingerprint density at radius 1 is 1.25 bits per heavy atom. The lowest BCUT2D eigenvalue weighted by Gasteiger charge is -2.06. The molecule has 14 heteroatoms. The van der Waals surface area contributed by atoms with Gasteiger partial charge in [0.25, 0.3) is 0 Å². The predicted octanol–water partition coefficient (Wildman–Crippen LogP) is 1.52. The van der Waals surface area contributed by atoms with Crippen LogP contribution in [-0.4, -0.2) is 49.7 Å². The van der Waals surface area contributed by atoms with Gasteiger partial charge in [-0.25, -0.2) is 4.39 Å². The summed E-state index contributed by atoms with van der Waals surface area (Å²) in [5.41, 5.74) is 1.15. The van der Waals surface area contributed by atoms with Crippen molar-refractivity contribution in [2.45, 2.75) is 19.9 Å². The van der Waals surface area contributed by atoms with E-state index >= 15 is 0 Å². The molecule has 0 radical (unpaired) electrons. The van der Waals surface area contributed by atoms with Crippen molar-refractivity contribution in [3.05, 3.63) is 67.6 Å². The van der Waals surface area contributed by atoms with Gasteiger partial charge in [0.05, 0.1) is 17.2 Å². The molecular formula is C18H17BrFN7O5. The average molecular weight is 510 g/mol. The zero-order valence-electron chi connectivity index (χ0n) is 16.7. The number of benzene rings is 1. The SMILES string of the molecule is Cc1c(Br)c([N+](=O)[O-])nn1Cc1noc(C(=O)NCCNC(=O)Cc2ccc(F)cc2)n1. The summed E-state index contributed by atoms with van der Waals surface area (Å²) in [6.45, 7) is 1.87. The highest BCUT2D eigenvalue weighted by Gasteiger charge is 2.25. The van der Waals surface area contributed by atoms with Gasteiger partial charge in [0.15, 0.2) is 5.82 Å². The van der Waals surface area contributed by atoms with Crippen LogP contribution >= 0.6 is 15.9 Å². The van der Waals surface area contributed by atoms with Crippen molar-refractivity contribution in [2.24, 2.45) is 0 Å². The lowest BCUT2D eigenvalue weighted by Crippen LogP contribution is -2.35. The maximum atomic E-state index is 12.9. The first-order chi connectivity index (χ1) is 15.2. The normalized spacial score (nSPS) is 10.7. The minimum absolute atomic E-state index is 0.0332. The van der Waals surface area contributed by atoms with Crippen molar-refractivity contribution < 1.29 is 23.4 Å². The van der Waals surface area contributed by atoms with Crippen molar-refractivity contribution in [1.82, 2.24) is 30.6 Å². The Kier molecular flexibility index (Phi) is 7.25. The molecule has 0 saturated heterocycles. The molecule has 0 atom stereocenters. The van der Waals surface area contributed by atoms with Gasteiger partial charge in [-0.05, 0) is 45.5 Å². The van der Waals surface area contributed by atoms with Crippen LogP contribution in [0, 0.1) is 22.9 Å². The molecule has 0 aliphatic heterocycles. The van der Waals surface area contributed by atoms with Crippen LogP contribution in [0.3, 0.4) is 0 Å². The largest absolute Gasteiger partial charge is 0.404 e. The summed E-state index contributed by atoms with van der Waals surface area (Å²) in [5, 5.41) is 23.7. The Labute approximate surface area is 188 Å². The number of carbonyl (C=O) groups is 2. The van der Waals surface area contributed by atoms with E-state index < -0.39 is 10.8 Å². The number of hydrogen-bond acceptors (Lipinski definition) is 8. The summed E-state index contributed by atoms with van der Waals surface area (Å²) in [5.74, 6) is -1.83. The topological polar surface area (TPSA) is 158 Å². The Balaban J connectivity index is 1.46. The van der Waals surface area contributed by atoms with Crippen molar-refractivity contribution >= 4 is 33.6 Å². The molecule has 2 heterocycles. The molecule has 12 nitrogen and oxygen atoms in total. The fraction of sp³-hybridized carbons (Fsp3) is 0.278. The summed E-state index contributed by atoms with van der Waals surface area (Å²) < 4.78 is 19.3. The van der Waals surface area contributed by atoms with Crippen molar-refractivity contribution in [1.29, 1.82) is 0 Å². The number of nitrogens with one attached hydrogen (secondary N) is 2. The third kappa shape index (κ3) is 5.72. The molecule has 32 heavy (non-hydrogen) atoms. The molecule has 2 aromatic heterocycles. The van der Waals surface area contributed by atoms with E-state index in [9.17, 15) is 24.1 Å². The molecule has 0 aliphatic carbocycles. The molecule has 0 bridgehead atoms. The molecule has 2 amide bonds. The highest BCUT2D eigenvalue weighted by atomic mass is 79.9. The number of carbonyl (C=O) groups excluding carboxylic acids is 2. The van der Waals surface area contributed by atoms with E-state index in [1.54, 1.807) is 6.92 Å². The molecule has 0 unspecified atom stereocenters. The predicted molar refractivity (Wildman–Crippen MR) is 110 cm³/mol. The van der Waals surface area contributed by atoms with Gasteiger partial charge in [0.1, 0.15) is 16.8 Å². The van der Waals surface area contributed by atoms with Crippen molar-refractivity contribution in [2.75, 3.05) is 13.1 Å². The van der Waals surface area contributed by atoms with Gasteiger partial charge < -0.3 is 25.3 Å². The monoisotopic (exact) mass is 509 g/mol. The first-order valence-electron chi connectivity index (χ1n) is 9.24. The number of rotatable bonds is 9. The summed E-state index contributed by atoms with van der Waals surface area (Å²) in [4.78, 5) is 38.3. The molecule has 1 aromatic carbocycles. The Morgan fingerprint density at radius 2 is 1.94 bits per heavy atom. The standard InChI is InChI=1S/C18H17BrFN7O5/c1-10-15(19)16(27(30)31)24-26(10)9-13-23-18(32-25-13)17(29)22-7-6-21-14(28)8-11-2-4-12(20)5-3-11/h2-5H,6-9H2,1H3,(H,21,28)(H,22,29). The second kappa shape index (κ2) is 10.1. The van der Waals surface area contributed by atoms with Crippen LogP contribution in [0.15, 0.2) is 33.3 Å². The summed E-state index contributed by atoms with van der Waals surface area (Å²) in [6, 6.07) is 5.58. The summed E-state index contributed by atoms with van der Waals surface area (Å²) in [6.07, 6.45) is 0.0857. The molecule has 168 valence electrons. The fourth-order valence-electron chi connectivity index (χ4n) is 2.63. The molecule has 0 fully saturated rings. The van der Waals surface area contributed by atoms with E-state index in [-0.39, 0.29) is 59.8 Å². The quantitative estimate of drug-likeness (QED) is 0.249. The summed E-state index contributed by atoms with van der Waals surface area (Å²) >= 11 is 3.11. The molecule has 0 aliphatic rings. The van der Waals surface area contributed by atoms with E-state index in [1.807, 2.05) is 0 Å². The average Bonchev–Trinajstić information content (AvgIpc) is 3.33. The van der Waals surface area contributed by atoms with Gasteiger partial charge >= 0.3 is 17.6 Å². The van der Waals surface area contributed by atoms with Gasteiger partial charge in [-0.15, -0.1) is 0 Å². The third-order valence-corrected chi connectivity index (χ3v) is 5.18. The van der Waals surface area contributed by atoms with Crippen LogP contribution < -0.4 is 10.6 Å². The Hall–Kier alpha value is -3.68. The maximum Gasteiger partial charge on any atom is 0.404 e. The first kappa shape index (κ1) is 23.0. The van der Waals surface area contributed by atoms with E-state index in [0.717, 1.165) is 0 Å². The Bertz CT molecular complexity index is 1150. The maximum absolute atomic E-state index is 12.9. The van der Waals surface area contributed by atoms with E-state index in [1.165, 1.54) is 28.9 Å². The zero-order valence-corrected chi connectivity index (χ0v) is 18.3.